The maximum absolute atomic E-state index is 12.6. The zero-order valence-corrected chi connectivity index (χ0v) is 19.1. The number of carbonyl (C=O) groups excluding carboxylic acids is 3. The first-order chi connectivity index (χ1) is 15.3. The van der Waals surface area contributed by atoms with E-state index >= 15 is 0 Å². The third kappa shape index (κ3) is 4.77. The Bertz CT molecular complexity index is 1070. The standard InChI is InChI=1S/C22H25ClN4O5/c1-5-16-18(21(29)31-6-2)17(25-22(30)24-16)11-32-20(28)14-7-9-15(10-8-14)27-13(4)19(23)12(3)26-27/h7-10,16H,5-6,11H2,1-4H3,(H2,24,25,30). The van der Waals surface area contributed by atoms with E-state index in [9.17, 15) is 14.4 Å². The van der Waals surface area contributed by atoms with E-state index in [2.05, 4.69) is 15.7 Å². The lowest BCUT2D eigenvalue weighted by Gasteiger charge is -2.28. The van der Waals surface area contributed by atoms with Gasteiger partial charge in [0.2, 0.25) is 0 Å². The zero-order chi connectivity index (χ0) is 23.4. The van der Waals surface area contributed by atoms with Crippen molar-refractivity contribution in [1.29, 1.82) is 0 Å². The number of esters is 2. The van der Waals surface area contributed by atoms with Crippen LogP contribution in [0.4, 0.5) is 4.79 Å². The quantitative estimate of drug-likeness (QED) is 0.614. The number of hydrogen-bond acceptors (Lipinski definition) is 6. The predicted octanol–water partition coefficient (Wildman–Crippen LogP) is 3.21. The molecule has 0 bridgehead atoms. The highest BCUT2D eigenvalue weighted by Gasteiger charge is 2.32. The summed E-state index contributed by atoms with van der Waals surface area (Å²) in [5.41, 5.74) is 3.03. The third-order valence-electron chi connectivity index (χ3n) is 5.05. The van der Waals surface area contributed by atoms with Crippen LogP contribution in [0, 0.1) is 13.8 Å². The molecular formula is C22H25ClN4O5. The van der Waals surface area contributed by atoms with Crippen LogP contribution in [-0.4, -0.2) is 47.0 Å². The van der Waals surface area contributed by atoms with Crippen molar-refractivity contribution in [3.05, 3.63) is 57.5 Å². The van der Waals surface area contributed by atoms with Crippen LogP contribution >= 0.6 is 11.6 Å². The van der Waals surface area contributed by atoms with Gasteiger partial charge in [0.25, 0.3) is 0 Å². The van der Waals surface area contributed by atoms with E-state index in [1.165, 1.54) is 0 Å². The molecule has 1 aromatic carbocycles. The summed E-state index contributed by atoms with van der Waals surface area (Å²) in [6, 6.07) is 5.69. The molecule has 0 spiro atoms. The molecule has 3 rings (SSSR count). The second kappa shape index (κ2) is 9.86. The first-order valence-electron chi connectivity index (χ1n) is 10.2. The fraction of sp³-hybridized carbons (Fsp3) is 0.364. The van der Waals surface area contributed by atoms with E-state index in [0.717, 1.165) is 11.4 Å². The molecule has 9 nitrogen and oxygen atoms in total. The molecule has 0 radical (unpaired) electrons. The zero-order valence-electron chi connectivity index (χ0n) is 18.3. The summed E-state index contributed by atoms with van der Waals surface area (Å²) in [7, 11) is 0. The van der Waals surface area contributed by atoms with Gasteiger partial charge in [-0.3, -0.25) is 0 Å². The Hall–Kier alpha value is -3.33. The van der Waals surface area contributed by atoms with Crippen molar-refractivity contribution < 1.29 is 23.9 Å². The molecule has 2 N–H and O–H groups in total. The highest BCUT2D eigenvalue weighted by atomic mass is 35.5. The lowest BCUT2D eigenvalue weighted by molar-refractivity contribution is -0.139. The molecule has 2 aromatic rings. The minimum atomic E-state index is -0.598. The predicted molar refractivity (Wildman–Crippen MR) is 118 cm³/mol. The Morgan fingerprint density at radius 2 is 1.81 bits per heavy atom. The summed E-state index contributed by atoms with van der Waals surface area (Å²) in [5.74, 6) is -1.16. The van der Waals surface area contributed by atoms with Gasteiger partial charge in [-0.1, -0.05) is 18.5 Å². The number of carbonyl (C=O) groups is 3. The molecule has 0 saturated heterocycles. The van der Waals surface area contributed by atoms with Crippen LogP contribution in [-0.2, 0) is 14.3 Å². The van der Waals surface area contributed by atoms with Gasteiger partial charge in [-0.25, -0.2) is 19.1 Å². The topological polar surface area (TPSA) is 112 Å². The summed E-state index contributed by atoms with van der Waals surface area (Å²) in [5, 5.41) is 10.2. The van der Waals surface area contributed by atoms with Gasteiger partial charge in [0.1, 0.15) is 6.61 Å². The highest BCUT2D eigenvalue weighted by Crippen LogP contribution is 2.23. The van der Waals surface area contributed by atoms with Crippen molar-refractivity contribution in [2.45, 2.75) is 40.2 Å². The van der Waals surface area contributed by atoms with E-state index in [1.54, 1.807) is 35.9 Å². The summed E-state index contributed by atoms with van der Waals surface area (Å²) in [6.07, 6.45) is 0.483. The number of aryl methyl sites for hydroxylation is 1. The van der Waals surface area contributed by atoms with Crippen molar-refractivity contribution in [2.75, 3.05) is 13.2 Å². The van der Waals surface area contributed by atoms with Crippen LogP contribution in [0.2, 0.25) is 5.02 Å². The van der Waals surface area contributed by atoms with Gasteiger partial charge in [0.05, 0.1) is 51.6 Å². The van der Waals surface area contributed by atoms with Gasteiger partial charge >= 0.3 is 18.0 Å². The molecule has 0 fully saturated rings. The number of nitrogens with one attached hydrogen (secondary N) is 2. The Kier molecular flexibility index (Phi) is 7.19. The third-order valence-corrected chi connectivity index (χ3v) is 5.59. The van der Waals surface area contributed by atoms with Crippen LogP contribution < -0.4 is 10.6 Å². The Labute approximate surface area is 190 Å². The molecule has 1 aliphatic rings. The smallest absolute Gasteiger partial charge is 0.338 e. The van der Waals surface area contributed by atoms with Crippen LogP contribution in [0.15, 0.2) is 35.5 Å². The second-order valence-corrected chi connectivity index (χ2v) is 7.57. The number of rotatable bonds is 7. The van der Waals surface area contributed by atoms with Gasteiger partial charge in [0.15, 0.2) is 0 Å². The molecule has 1 atom stereocenters. The van der Waals surface area contributed by atoms with Crippen molar-refractivity contribution in [2.24, 2.45) is 0 Å². The largest absolute Gasteiger partial charge is 0.463 e. The SMILES string of the molecule is CCOC(=O)C1=C(COC(=O)c2ccc(-n3nc(C)c(Cl)c3C)cc2)NC(=O)NC1CC. The molecule has 0 aliphatic carbocycles. The number of nitrogens with zero attached hydrogens (tertiary/aromatic N) is 2. The molecule has 1 aromatic heterocycles. The first-order valence-corrected chi connectivity index (χ1v) is 10.6. The van der Waals surface area contributed by atoms with Crippen molar-refractivity contribution >= 4 is 29.6 Å². The summed E-state index contributed by atoms with van der Waals surface area (Å²) >= 11 is 6.20. The minimum Gasteiger partial charge on any atom is -0.463 e. The van der Waals surface area contributed by atoms with Gasteiger partial charge in [-0.05, 0) is 51.5 Å². The number of benzene rings is 1. The first kappa shape index (κ1) is 23.3. The molecule has 2 heterocycles. The highest BCUT2D eigenvalue weighted by molar-refractivity contribution is 6.31. The average molecular weight is 461 g/mol. The summed E-state index contributed by atoms with van der Waals surface area (Å²) in [4.78, 5) is 36.9. The average Bonchev–Trinajstić information content (AvgIpc) is 3.04. The fourth-order valence-corrected chi connectivity index (χ4v) is 3.53. The Morgan fingerprint density at radius 1 is 1.12 bits per heavy atom. The molecular weight excluding hydrogens is 436 g/mol. The van der Waals surface area contributed by atoms with Crippen LogP contribution in [0.25, 0.3) is 5.69 Å². The summed E-state index contributed by atoms with van der Waals surface area (Å²) < 4.78 is 12.2. The van der Waals surface area contributed by atoms with Crippen molar-refractivity contribution in [1.82, 2.24) is 20.4 Å². The normalized spacial score (nSPS) is 15.8. The van der Waals surface area contributed by atoms with E-state index < -0.39 is 24.0 Å². The molecule has 2 amide bonds. The Balaban J connectivity index is 1.76. The van der Waals surface area contributed by atoms with E-state index in [1.807, 2.05) is 20.8 Å². The number of hydrogen-bond donors (Lipinski definition) is 2. The van der Waals surface area contributed by atoms with Gasteiger partial charge in [-0.15, -0.1) is 0 Å². The van der Waals surface area contributed by atoms with Gasteiger partial charge in [0, 0.05) is 0 Å². The molecule has 1 aliphatic heterocycles. The molecule has 32 heavy (non-hydrogen) atoms. The van der Waals surface area contributed by atoms with Crippen LogP contribution in [0.5, 0.6) is 0 Å². The second-order valence-electron chi connectivity index (χ2n) is 7.19. The fourth-order valence-electron chi connectivity index (χ4n) is 3.41. The van der Waals surface area contributed by atoms with Crippen molar-refractivity contribution in [3.63, 3.8) is 0 Å². The summed E-state index contributed by atoms with van der Waals surface area (Å²) in [6.45, 7) is 7.11. The van der Waals surface area contributed by atoms with E-state index in [0.29, 0.717) is 22.7 Å². The van der Waals surface area contributed by atoms with Crippen LogP contribution in [0.1, 0.15) is 42.0 Å². The lowest BCUT2D eigenvalue weighted by Crippen LogP contribution is -2.51. The van der Waals surface area contributed by atoms with Crippen molar-refractivity contribution in [3.8, 4) is 5.69 Å². The number of amides is 2. The molecule has 0 saturated carbocycles. The maximum atomic E-state index is 12.6. The Morgan fingerprint density at radius 3 is 2.38 bits per heavy atom. The number of aromatic nitrogens is 2. The monoisotopic (exact) mass is 460 g/mol. The number of urea groups is 1. The van der Waals surface area contributed by atoms with Gasteiger partial charge in [-0.2, -0.15) is 5.10 Å². The molecule has 1 unspecified atom stereocenters. The molecule has 170 valence electrons. The van der Waals surface area contributed by atoms with E-state index in [-0.39, 0.29) is 24.5 Å². The minimum absolute atomic E-state index is 0.187. The maximum Gasteiger partial charge on any atom is 0.338 e. The number of halogens is 1. The van der Waals surface area contributed by atoms with Crippen LogP contribution in [0.3, 0.4) is 0 Å². The lowest BCUT2D eigenvalue weighted by atomic mass is 10.0. The molecule has 10 heteroatoms. The van der Waals surface area contributed by atoms with Gasteiger partial charge < -0.3 is 20.1 Å². The van der Waals surface area contributed by atoms with E-state index in [4.69, 9.17) is 21.1 Å². The number of ether oxygens (including phenoxy) is 2.